The second kappa shape index (κ2) is 22.4. The lowest BCUT2D eigenvalue weighted by atomic mass is 9.87. The number of hydrogen-bond donors (Lipinski definition) is 5. The molecule has 1 radical (unpaired) electrons. The molecule has 1 atom stereocenters. The van der Waals surface area contributed by atoms with Gasteiger partial charge in [0.15, 0.2) is 0 Å². The molecule has 1 rings (SSSR count). The molecule has 0 fully saturated rings. The number of aliphatic carboxylic acids is 1. The summed E-state index contributed by atoms with van der Waals surface area (Å²) < 4.78 is 13.6. The number of nitrogens with two attached hydrogens (primary N) is 1. The van der Waals surface area contributed by atoms with Crippen molar-refractivity contribution in [3.05, 3.63) is 29.6 Å². The van der Waals surface area contributed by atoms with Crippen molar-refractivity contribution in [1.29, 1.82) is 0 Å². The third-order valence-electron chi connectivity index (χ3n) is 6.85. The van der Waals surface area contributed by atoms with Gasteiger partial charge in [0.1, 0.15) is 11.9 Å². The summed E-state index contributed by atoms with van der Waals surface area (Å²) in [5.41, 5.74) is 5.77. The maximum atomic E-state index is 13.6. The molecule has 0 saturated heterocycles. The van der Waals surface area contributed by atoms with Gasteiger partial charge in [-0.05, 0) is 49.7 Å². The van der Waals surface area contributed by atoms with Gasteiger partial charge in [0.05, 0.1) is 0 Å². The molecule has 0 spiro atoms. The summed E-state index contributed by atoms with van der Waals surface area (Å²) in [5.74, 6) is -1.82. The predicted molar refractivity (Wildman–Crippen MR) is 153 cm³/mol. The first-order valence-electron chi connectivity index (χ1n) is 14.7. The molecule has 39 heavy (non-hydrogen) atoms. The summed E-state index contributed by atoms with van der Waals surface area (Å²) in [6.07, 6.45) is 17.4. The van der Waals surface area contributed by atoms with Crippen LogP contribution in [0.5, 0.6) is 0 Å². The number of rotatable bonds is 24. The lowest BCUT2D eigenvalue weighted by Gasteiger charge is -2.07. The van der Waals surface area contributed by atoms with E-state index in [1.165, 1.54) is 63.5 Å². The fourth-order valence-corrected chi connectivity index (χ4v) is 4.36. The van der Waals surface area contributed by atoms with Crippen LogP contribution >= 0.6 is 0 Å². The van der Waals surface area contributed by atoms with Crippen molar-refractivity contribution in [2.24, 2.45) is 5.73 Å². The smallest absolute Gasteiger partial charge is 0.329 e. The average molecular weight is 549 g/mol. The number of unbranched alkanes of at least 4 members (excludes halogenated alkanes) is 13. The van der Waals surface area contributed by atoms with Crippen LogP contribution in [0.15, 0.2) is 18.2 Å². The van der Waals surface area contributed by atoms with E-state index in [1.807, 2.05) is 0 Å². The normalized spacial score (nSPS) is 11.7. The Morgan fingerprint density at radius 2 is 1.31 bits per heavy atom. The van der Waals surface area contributed by atoms with Crippen LogP contribution in [0.4, 0.5) is 4.39 Å². The number of carboxylic acid groups (broad SMARTS) is 1. The molecule has 1 aromatic rings. The Hall–Kier alpha value is -2.46. The molecule has 0 aliphatic carbocycles. The van der Waals surface area contributed by atoms with Crippen molar-refractivity contribution in [3.8, 4) is 0 Å². The molecule has 10 heteroatoms. The zero-order chi connectivity index (χ0) is 28.7. The molecular formula is C29H48BFN3O5. The minimum absolute atomic E-state index is 0.0636. The van der Waals surface area contributed by atoms with Crippen LogP contribution in [0.1, 0.15) is 120 Å². The van der Waals surface area contributed by atoms with Crippen molar-refractivity contribution in [2.45, 2.75) is 115 Å². The minimum Gasteiger partial charge on any atom is -0.480 e. The minimum atomic E-state index is -0.979. The third-order valence-corrected chi connectivity index (χ3v) is 6.85. The van der Waals surface area contributed by atoms with E-state index in [1.54, 1.807) is 0 Å². The van der Waals surface area contributed by atoms with Gasteiger partial charge in [0.2, 0.25) is 5.91 Å². The van der Waals surface area contributed by atoms with Gasteiger partial charge in [-0.1, -0.05) is 76.7 Å². The van der Waals surface area contributed by atoms with Crippen LogP contribution in [0.3, 0.4) is 0 Å². The zero-order valence-electron chi connectivity index (χ0n) is 23.4. The lowest BCUT2D eigenvalue weighted by molar-refractivity contribution is -0.138. The van der Waals surface area contributed by atoms with Crippen molar-refractivity contribution >= 4 is 30.7 Å². The quantitative estimate of drug-likeness (QED) is 0.0979. The van der Waals surface area contributed by atoms with Crippen molar-refractivity contribution in [3.63, 3.8) is 0 Å². The molecular weight excluding hydrogens is 500 g/mol. The van der Waals surface area contributed by atoms with E-state index < -0.39 is 17.8 Å². The van der Waals surface area contributed by atoms with Gasteiger partial charge in [0.25, 0.3) is 5.91 Å². The van der Waals surface area contributed by atoms with E-state index in [4.69, 9.17) is 15.9 Å². The van der Waals surface area contributed by atoms with Crippen LogP contribution in [-0.4, -0.2) is 54.5 Å². The molecule has 6 N–H and O–H groups in total. The summed E-state index contributed by atoms with van der Waals surface area (Å²) in [7, 11) is 0.684. The van der Waals surface area contributed by atoms with Crippen molar-refractivity contribution < 1.29 is 28.9 Å². The highest BCUT2D eigenvalue weighted by Crippen LogP contribution is 2.13. The Morgan fingerprint density at radius 1 is 0.795 bits per heavy atom. The summed E-state index contributed by atoms with van der Waals surface area (Å²) in [4.78, 5) is 34.5. The number of hydrogen-bond acceptors (Lipinski definition) is 5. The number of benzene rings is 1. The van der Waals surface area contributed by atoms with Crippen LogP contribution < -0.4 is 21.8 Å². The highest BCUT2D eigenvalue weighted by atomic mass is 19.1. The van der Waals surface area contributed by atoms with Gasteiger partial charge in [-0.2, -0.15) is 0 Å². The maximum absolute atomic E-state index is 13.6. The number of carboxylic acids is 1. The first-order valence-corrected chi connectivity index (χ1v) is 14.7. The standard InChI is InChI=1S/C29H48BFN3O5/c31-25-22-23(18-19-24(25)30-39)28(36)34-21-14-11-9-7-5-3-1-2-4-6-8-10-12-17-27(35)33-20-15-13-16-26(32)29(37)38/h18-19,22,26,39H,1-17,20-21,32H2,(H,33,35)(H,34,36)(H,37,38)/t26-/m0/s1. The molecule has 0 aliphatic rings. The van der Waals surface area contributed by atoms with Crippen molar-refractivity contribution in [1.82, 2.24) is 10.6 Å². The summed E-state index contributed by atoms with van der Waals surface area (Å²) >= 11 is 0. The Bertz CT molecular complexity index is 843. The number of carbonyl (C=O) groups is 3. The van der Waals surface area contributed by atoms with Gasteiger partial charge in [-0.3, -0.25) is 14.4 Å². The Labute approximate surface area is 234 Å². The van der Waals surface area contributed by atoms with E-state index in [9.17, 15) is 18.8 Å². The van der Waals surface area contributed by atoms with E-state index in [0.717, 1.165) is 44.6 Å². The van der Waals surface area contributed by atoms with Gasteiger partial charge in [0, 0.05) is 25.1 Å². The zero-order valence-corrected chi connectivity index (χ0v) is 23.4. The van der Waals surface area contributed by atoms with Gasteiger partial charge in [-0.15, -0.1) is 0 Å². The molecule has 0 unspecified atom stereocenters. The highest BCUT2D eigenvalue weighted by molar-refractivity contribution is 6.45. The number of amides is 2. The SMILES string of the molecule is N[C@@H](CCCCNC(=O)CCCCCCCCCCCCCCCNC(=O)c1ccc([B]O)c(F)c1)C(=O)O. The second-order valence-electron chi connectivity index (χ2n) is 10.3. The number of nitrogens with one attached hydrogen (secondary N) is 2. The molecule has 0 saturated carbocycles. The maximum Gasteiger partial charge on any atom is 0.329 e. The molecule has 0 aromatic heterocycles. The average Bonchev–Trinajstić information content (AvgIpc) is 2.92. The molecule has 219 valence electrons. The molecule has 0 heterocycles. The first-order chi connectivity index (χ1) is 18.8. The summed E-state index contributed by atoms with van der Waals surface area (Å²) in [6, 6.07) is 3.20. The van der Waals surface area contributed by atoms with Gasteiger partial charge < -0.3 is 26.5 Å². The van der Waals surface area contributed by atoms with Crippen LogP contribution in [0.25, 0.3) is 0 Å². The molecule has 0 bridgehead atoms. The Balaban J connectivity index is 1.82. The second-order valence-corrected chi connectivity index (χ2v) is 10.3. The van der Waals surface area contributed by atoms with Gasteiger partial charge in [-0.25, -0.2) is 4.39 Å². The fraction of sp³-hybridized carbons (Fsp3) is 0.690. The number of carbonyl (C=O) groups excluding carboxylic acids is 2. The fourth-order valence-electron chi connectivity index (χ4n) is 4.36. The van der Waals surface area contributed by atoms with E-state index >= 15 is 0 Å². The van der Waals surface area contributed by atoms with E-state index in [2.05, 4.69) is 10.6 Å². The van der Waals surface area contributed by atoms with Crippen LogP contribution in [-0.2, 0) is 9.59 Å². The Kier molecular flexibility index (Phi) is 19.8. The molecule has 2 amide bonds. The molecule has 8 nitrogen and oxygen atoms in total. The topological polar surface area (TPSA) is 142 Å². The molecule has 1 aromatic carbocycles. The van der Waals surface area contributed by atoms with Crippen LogP contribution in [0.2, 0.25) is 0 Å². The van der Waals surface area contributed by atoms with Crippen molar-refractivity contribution in [2.75, 3.05) is 13.1 Å². The third kappa shape index (κ3) is 17.7. The van der Waals surface area contributed by atoms with Crippen LogP contribution in [0, 0.1) is 5.82 Å². The largest absolute Gasteiger partial charge is 0.480 e. The monoisotopic (exact) mass is 548 g/mol. The lowest BCUT2D eigenvalue weighted by Crippen LogP contribution is -2.30. The number of halogens is 1. The Morgan fingerprint density at radius 3 is 1.85 bits per heavy atom. The van der Waals surface area contributed by atoms with E-state index in [-0.39, 0.29) is 22.8 Å². The van der Waals surface area contributed by atoms with E-state index in [0.29, 0.717) is 39.8 Å². The summed E-state index contributed by atoms with van der Waals surface area (Å²) in [6.45, 7) is 1.15. The van der Waals surface area contributed by atoms with Gasteiger partial charge >= 0.3 is 13.5 Å². The summed E-state index contributed by atoms with van der Waals surface area (Å²) in [5, 5.41) is 23.3. The predicted octanol–water partition coefficient (Wildman–Crippen LogP) is 3.95. The first kappa shape index (κ1) is 34.6. The molecule has 0 aliphatic heterocycles. The highest BCUT2D eigenvalue weighted by Gasteiger charge is 2.11.